The summed E-state index contributed by atoms with van der Waals surface area (Å²) < 4.78 is 10.4. The van der Waals surface area contributed by atoms with Crippen LogP contribution < -0.4 is 5.32 Å². The van der Waals surface area contributed by atoms with Crippen LogP contribution in [-0.4, -0.2) is 40.0 Å². The van der Waals surface area contributed by atoms with E-state index in [-0.39, 0.29) is 0 Å². The second-order valence-electron chi connectivity index (χ2n) is 3.64. The predicted molar refractivity (Wildman–Crippen MR) is 59.7 cm³/mol. The number of methoxy groups -OCH3 is 1. The molecule has 0 aliphatic rings. The van der Waals surface area contributed by atoms with Crippen LogP contribution in [0.1, 0.15) is 32.6 Å². The first-order valence-corrected chi connectivity index (χ1v) is 5.55. The van der Waals surface area contributed by atoms with E-state index in [1.54, 1.807) is 7.11 Å². The lowest BCUT2D eigenvalue weighted by atomic mass is 10.1. The molecule has 0 amide bonds. The summed E-state index contributed by atoms with van der Waals surface area (Å²) in [5.41, 5.74) is 0. The normalized spacial score (nSPS) is 13.1. The van der Waals surface area contributed by atoms with Gasteiger partial charge in [0, 0.05) is 33.0 Å². The Balaban J connectivity index is 2.92. The molecule has 1 unspecified atom stereocenters. The summed E-state index contributed by atoms with van der Waals surface area (Å²) >= 11 is 0. The molecule has 0 aliphatic heterocycles. The second-order valence-corrected chi connectivity index (χ2v) is 3.64. The molecule has 0 spiro atoms. The third-order valence-electron chi connectivity index (χ3n) is 2.31. The molecule has 0 radical (unpaired) electrons. The maximum atomic E-state index is 5.45. The summed E-state index contributed by atoms with van der Waals surface area (Å²) in [5.74, 6) is 0. The molecule has 0 saturated heterocycles. The van der Waals surface area contributed by atoms with Crippen molar-refractivity contribution in [2.24, 2.45) is 0 Å². The van der Waals surface area contributed by atoms with Crippen LogP contribution in [0.5, 0.6) is 0 Å². The standard InChI is InChI=1S/C11H25NO2/c1-11(12-2)7-4-5-9-14-10-6-8-13-3/h11-12H,4-10H2,1-3H3. The Morgan fingerprint density at radius 2 is 1.79 bits per heavy atom. The van der Waals surface area contributed by atoms with Gasteiger partial charge in [0.2, 0.25) is 0 Å². The summed E-state index contributed by atoms with van der Waals surface area (Å²) in [6.07, 6.45) is 4.65. The Hall–Kier alpha value is -0.120. The highest BCUT2D eigenvalue weighted by atomic mass is 16.5. The Bertz CT molecular complexity index is 109. The Kier molecular flexibility index (Phi) is 10.9. The number of nitrogens with one attached hydrogen (secondary N) is 1. The molecule has 0 rings (SSSR count). The molecule has 14 heavy (non-hydrogen) atoms. The van der Waals surface area contributed by atoms with Gasteiger partial charge in [0.15, 0.2) is 0 Å². The molecule has 0 aromatic heterocycles. The maximum Gasteiger partial charge on any atom is 0.0487 e. The van der Waals surface area contributed by atoms with E-state index in [1.807, 2.05) is 7.05 Å². The van der Waals surface area contributed by atoms with Crippen molar-refractivity contribution in [2.45, 2.75) is 38.6 Å². The molecular weight excluding hydrogens is 178 g/mol. The van der Waals surface area contributed by atoms with E-state index in [0.717, 1.165) is 26.2 Å². The van der Waals surface area contributed by atoms with Crippen molar-refractivity contribution in [3.8, 4) is 0 Å². The van der Waals surface area contributed by atoms with E-state index in [1.165, 1.54) is 19.3 Å². The number of unbranched alkanes of at least 4 members (excludes halogenated alkanes) is 1. The van der Waals surface area contributed by atoms with E-state index in [0.29, 0.717) is 6.04 Å². The topological polar surface area (TPSA) is 30.5 Å². The van der Waals surface area contributed by atoms with E-state index in [2.05, 4.69) is 12.2 Å². The summed E-state index contributed by atoms with van der Waals surface area (Å²) in [5, 5.41) is 3.23. The SMILES string of the molecule is CNC(C)CCCCOCCCOC. The van der Waals surface area contributed by atoms with Gasteiger partial charge in [0.25, 0.3) is 0 Å². The molecule has 3 nitrogen and oxygen atoms in total. The first-order chi connectivity index (χ1) is 6.81. The third-order valence-corrected chi connectivity index (χ3v) is 2.31. The van der Waals surface area contributed by atoms with E-state index >= 15 is 0 Å². The van der Waals surface area contributed by atoms with Gasteiger partial charge in [-0.05, 0) is 39.7 Å². The molecule has 0 aliphatic carbocycles. The van der Waals surface area contributed by atoms with Crippen LogP contribution in [0.2, 0.25) is 0 Å². The van der Waals surface area contributed by atoms with Crippen LogP contribution in [0.25, 0.3) is 0 Å². The first kappa shape index (κ1) is 13.9. The van der Waals surface area contributed by atoms with Gasteiger partial charge in [-0.15, -0.1) is 0 Å². The fourth-order valence-electron chi connectivity index (χ4n) is 1.21. The molecule has 0 bridgehead atoms. The Labute approximate surface area is 88.2 Å². The molecule has 0 heterocycles. The lowest BCUT2D eigenvalue weighted by molar-refractivity contribution is 0.0999. The number of ether oxygens (including phenoxy) is 2. The zero-order valence-corrected chi connectivity index (χ0v) is 9.84. The minimum Gasteiger partial charge on any atom is -0.385 e. The van der Waals surface area contributed by atoms with Gasteiger partial charge in [-0.25, -0.2) is 0 Å². The fourth-order valence-corrected chi connectivity index (χ4v) is 1.21. The molecule has 0 saturated carbocycles. The van der Waals surface area contributed by atoms with Gasteiger partial charge >= 0.3 is 0 Å². The van der Waals surface area contributed by atoms with Gasteiger partial charge in [0.05, 0.1) is 0 Å². The van der Waals surface area contributed by atoms with Crippen molar-refractivity contribution in [3.05, 3.63) is 0 Å². The average molecular weight is 203 g/mol. The zero-order chi connectivity index (χ0) is 10.6. The van der Waals surface area contributed by atoms with E-state index in [4.69, 9.17) is 9.47 Å². The van der Waals surface area contributed by atoms with Crippen molar-refractivity contribution in [3.63, 3.8) is 0 Å². The van der Waals surface area contributed by atoms with Crippen molar-refractivity contribution in [2.75, 3.05) is 34.0 Å². The molecule has 0 fully saturated rings. The number of rotatable bonds is 10. The Morgan fingerprint density at radius 1 is 1.07 bits per heavy atom. The molecule has 1 atom stereocenters. The molecule has 86 valence electrons. The summed E-state index contributed by atoms with van der Waals surface area (Å²) in [7, 11) is 3.73. The quantitative estimate of drug-likeness (QED) is 0.549. The molecular formula is C11H25NO2. The smallest absolute Gasteiger partial charge is 0.0487 e. The van der Waals surface area contributed by atoms with Gasteiger partial charge in [-0.1, -0.05) is 0 Å². The Morgan fingerprint density at radius 3 is 2.43 bits per heavy atom. The van der Waals surface area contributed by atoms with Gasteiger partial charge in [-0.2, -0.15) is 0 Å². The van der Waals surface area contributed by atoms with Crippen molar-refractivity contribution < 1.29 is 9.47 Å². The largest absolute Gasteiger partial charge is 0.385 e. The average Bonchev–Trinajstić information content (AvgIpc) is 2.21. The van der Waals surface area contributed by atoms with E-state index < -0.39 is 0 Å². The lowest BCUT2D eigenvalue weighted by Crippen LogP contribution is -2.20. The molecule has 1 N–H and O–H groups in total. The van der Waals surface area contributed by atoms with Crippen molar-refractivity contribution in [1.29, 1.82) is 0 Å². The summed E-state index contributed by atoms with van der Waals surface area (Å²) in [6, 6.07) is 0.628. The maximum absolute atomic E-state index is 5.45. The zero-order valence-electron chi connectivity index (χ0n) is 9.84. The second kappa shape index (κ2) is 11.0. The van der Waals surface area contributed by atoms with E-state index in [9.17, 15) is 0 Å². The van der Waals surface area contributed by atoms with Gasteiger partial charge < -0.3 is 14.8 Å². The summed E-state index contributed by atoms with van der Waals surface area (Å²) in [6.45, 7) is 4.73. The van der Waals surface area contributed by atoms with Crippen LogP contribution in [0, 0.1) is 0 Å². The molecule has 0 aromatic carbocycles. The van der Waals surface area contributed by atoms with Crippen LogP contribution in [0.15, 0.2) is 0 Å². The minimum atomic E-state index is 0.628. The third kappa shape index (κ3) is 9.96. The highest BCUT2D eigenvalue weighted by Crippen LogP contribution is 2.00. The van der Waals surface area contributed by atoms with Crippen molar-refractivity contribution >= 4 is 0 Å². The number of hydrogen-bond acceptors (Lipinski definition) is 3. The number of hydrogen-bond donors (Lipinski definition) is 1. The summed E-state index contributed by atoms with van der Waals surface area (Å²) in [4.78, 5) is 0. The van der Waals surface area contributed by atoms with Crippen LogP contribution >= 0.6 is 0 Å². The fraction of sp³-hybridized carbons (Fsp3) is 1.00. The van der Waals surface area contributed by atoms with Gasteiger partial charge in [0.1, 0.15) is 0 Å². The first-order valence-electron chi connectivity index (χ1n) is 5.55. The molecule has 0 aromatic rings. The highest BCUT2D eigenvalue weighted by Gasteiger charge is 1.97. The molecule has 3 heteroatoms. The highest BCUT2D eigenvalue weighted by molar-refractivity contribution is 4.56. The van der Waals surface area contributed by atoms with Crippen LogP contribution in [0.4, 0.5) is 0 Å². The van der Waals surface area contributed by atoms with Crippen LogP contribution in [-0.2, 0) is 9.47 Å². The predicted octanol–water partition coefficient (Wildman–Crippen LogP) is 1.82. The minimum absolute atomic E-state index is 0.628. The monoisotopic (exact) mass is 203 g/mol. The van der Waals surface area contributed by atoms with Crippen molar-refractivity contribution in [1.82, 2.24) is 5.32 Å². The van der Waals surface area contributed by atoms with Crippen LogP contribution in [0.3, 0.4) is 0 Å². The van der Waals surface area contributed by atoms with Gasteiger partial charge in [-0.3, -0.25) is 0 Å². The lowest BCUT2D eigenvalue weighted by Gasteiger charge is -2.09.